The number of benzene rings is 3. The van der Waals surface area contributed by atoms with E-state index in [0.29, 0.717) is 35.7 Å². The zero-order chi connectivity index (χ0) is 21.5. The molecule has 0 radical (unpaired) electrons. The van der Waals surface area contributed by atoms with Crippen LogP contribution >= 0.6 is 0 Å². The molecule has 3 rings (SSSR count). The van der Waals surface area contributed by atoms with Crippen LogP contribution in [0.2, 0.25) is 0 Å². The Kier molecular flexibility index (Phi) is 6.71. The van der Waals surface area contributed by atoms with E-state index in [0.717, 1.165) is 16.7 Å². The minimum Gasteiger partial charge on any atom is -0.493 e. The summed E-state index contributed by atoms with van der Waals surface area (Å²) < 4.78 is 10.7. The van der Waals surface area contributed by atoms with E-state index in [1.807, 2.05) is 67.6 Å². The molecular formula is C25H24N2O3. The largest absolute Gasteiger partial charge is 0.493 e. The molecule has 0 aliphatic carbocycles. The Morgan fingerprint density at radius 3 is 2.27 bits per heavy atom. The SMILES string of the molecule is CCN(Cc1ccc(OC)c(OC)c1)C(=O)c1ccccc1-c1ccccc1C#N. The van der Waals surface area contributed by atoms with Crippen LogP contribution in [0.15, 0.2) is 66.7 Å². The molecule has 5 nitrogen and oxygen atoms in total. The van der Waals surface area contributed by atoms with Crippen LogP contribution in [-0.4, -0.2) is 31.6 Å². The molecule has 0 aliphatic rings. The van der Waals surface area contributed by atoms with Crippen molar-refractivity contribution in [2.45, 2.75) is 13.5 Å². The van der Waals surface area contributed by atoms with E-state index in [9.17, 15) is 10.1 Å². The van der Waals surface area contributed by atoms with Gasteiger partial charge < -0.3 is 14.4 Å². The lowest BCUT2D eigenvalue weighted by Gasteiger charge is -2.23. The molecule has 0 atom stereocenters. The van der Waals surface area contributed by atoms with E-state index in [1.165, 1.54) is 0 Å². The van der Waals surface area contributed by atoms with Gasteiger partial charge in [0, 0.05) is 24.2 Å². The molecule has 0 spiro atoms. The summed E-state index contributed by atoms with van der Waals surface area (Å²) in [5.41, 5.74) is 3.57. The monoisotopic (exact) mass is 400 g/mol. The van der Waals surface area contributed by atoms with Gasteiger partial charge in [-0.25, -0.2) is 0 Å². The molecule has 30 heavy (non-hydrogen) atoms. The Balaban J connectivity index is 1.95. The van der Waals surface area contributed by atoms with Gasteiger partial charge in [0.2, 0.25) is 0 Å². The summed E-state index contributed by atoms with van der Waals surface area (Å²) in [6.07, 6.45) is 0. The van der Waals surface area contributed by atoms with E-state index in [-0.39, 0.29) is 5.91 Å². The molecule has 1 amide bonds. The number of hydrogen-bond donors (Lipinski definition) is 0. The highest BCUT2D eigenvalue weighted by Gasteiger charge is 2.20. The van der Waals surface area contributed by atoms with Crippen molar-refractivity contribution in [3.63, 3.8) is 0 Å². The van der Waals surface area contributed by atoms with Crippen molar-refractivity contribution < 1.29 is 14.3 Å². The fraction of sp³-hybridized carbons (Fsp3) is 0.200. The van der Waals surface area contributed by atoms with Crippen LogP contribution in [0.5, 0.6) is 11.5 Å². The second kappa shape index (κ2) is 9.62. The van der Waals surface area contributed by atoms with Crippen LogP contribution in [0.4, 0.5) is 0 Å². The highest BCUT2D eigenvalue weighted by atomic mass is 16.5. The lowest BCUT2D eigenvalue weighted by Crippen LogP contribution is -2.30. The summed E-state index contributed by atoms with van der Waals surface area (Å²) in [5, 5.41) is 9.48. The summed E-state index contributed by atoms with van der Waals surface area (Å²) in [5.74, 6) is 1.19. The molecule has 0 aromatic heterocycles. The van der Waals surface area contributed by atoms with E-state index in [4.69, 9.17) is 9.47 Å². The average molecular weight is 400 g/mol. The summed E-state index contributed by atoms with van der Waals surface area (Å²) in [4.78, 5) is 15.2. The van der Waals surface area contributed by atoms with Gasteiger partial charge in [-0.2, -0.15) is 5.26 Å². The standard InChI is InChI=1S/C25H24N2O3/c1-4-27(17-18-13-14-23(29-2)24(15-18)30-3)25(28)22-12-8-7-11-21(22)20-10-6-5-9-19(20)16-26/h5-15H,4,17H2,1-3H3. The maximum Gasteiger partial charge on any atom is 0.254 e. The number of ether oxygens (including phenoxy) is 2. The number of hydrogen-bond acceptors (Lipinski definition) is 4. The molecule has 0 unspecified atom stereocenters. The third-order valence-electron chi connectivity index (χ3n) is 4.99. The van der Waals surface area contributed by atoms with Gasteiger partial charge in [0.25, 0.3) is 5.91 Å². The maximum absolute atomic E-state index is 13.4. The Bertz CT molecular complexity index is 1090. The van der Waals surface area contributed by atoms with Crippen molar-refractivity contribution in [1.29, 1.82) is 5.26 Å². The zero-order valence-electron chi connectivity index (χ0n) is 17.4. The second-order valence-corrected chi connectivity index (χ2v) is 6.71. The molecule has 3 aromatic carbocycles. The number of nitriles is 1. The first-order valence-corrected chi connectivity index (χ1v) is 9.71. The van der Waals surface area contributed by atoms with E-state index < -0.39 is 0 Å². The van der Waals surface area contributed by atoms with Gasteiger partial charge in [0.1, 0.15) is 0 Å². The van der Waals surface area contributed by atoms with Crippen molar-refractivity contribution in [2.75, 3.05) is 20.8 Å². The second-order valence-electron chi connectivity index (χ2n) is 6.71. The summed E-state index contributed by atoms with van der Waals surface area (Å²) >= 11 is 0. The highest BCUT2D eigenvalue weighted by molar-refractivity contribution is 6.01. The van der Waals surface area contributed by atoms with Crippen molar-refractivity contribution in [1.82, 2.24) is 4.90 Å². The minimum absolute atomic E-state index is 0.0874. The topological polar surface area (TPSA) is 62.6 Å². The van der Waals surface area contributed by atoms with Gasteiger partial charge >= 0.3 is 0 Å². The third kappa shape index (κ3) is 4.28. The number of carbonyl (C=O) groups is 1. The van der Waals surface area contributed by atoms with E-state index in [1.54, 1.807) is 25.2 Å². The van der Waals surface area contributed by atoms with Crippen LogP contribution in [0, 0.1) is 11.3 Å². The zero-order valence-corrected chi connectivity index (χ0v) is 17.4. The molecular weight excluding hydrogens is 376 g/mol. The molecule has 0 N–H and O–H groups in total. The molecule has 0 aliphatic heterocycles. The van der Waals surface area contributed by atoms with Crippen LogP contribution in [0.25, 0.3) is 11.1 Å². The molecule has 0 heterocycles. The fourth-order valence-corrected chi connectivity index (χ4v) is 3.42. The highest BCUT2D eigenvalue weighted by Crippen LogP contribution is 2.30. The molecule has 5 heteroatoms. The number of rotatable bonds is 7. The van der Waals surface area contributed by atoms with Crippen LogP contribution in [0.1, 0.15) is 28.4 Å². The van der Waals surface area contributed by atoms with Crippen LogP contribution in [0.3, 0.4) is 0 Å². The quantitative estimate of drug-likeness (QED) is 0.566. The van der Waals surface area contributed by atoms with Gasteiger partial charge in [-0.1, -0.05) is 42.5 Å². The first-order valence-electron chi connectivity index (χ1n) is 9.71. The molecule has 0 bridgehead atoms. The van der Waals surface area contributed by atoms with Gasteiger partial charge in [0.15, 0.2) is 11.5 Å². The Labute approximate surface area is 177 Å². The predicted molar refractivity (Wildman–Crippen MR) is 117 cm³/mol. The van der Waals surface area contributed by atoms with Gasteiger partial charge in [-0.3, -0.25) is 4.79 Å². The first kappa shape index (κ1) is 20.9. The molecule has 152 valence electrons. The van der Waals surface area contributed by atoms with Crippen molar-refractivity contribution in [2.24, 2.45) is 0 Å². The lowest BCUT2D eigenvalue weighted by molar-refractivity contribution is 0.0753. The van der Waals surface area contributed by atoms with Crippen LogP contribution in [-0.2, 0) is 6.54 Å². The predicted octanol–water partition coefficient (Wildman–Crippen LogP) is 4.90. The van der Waals surface area contributed by atoms with Crippen molar-refractivity contribution in [3.05, 3.63) is 83.4 Å². The van der Waals surface area contributed by atoms with Gasteiger partial charge in [-0.05, 0) is 42.3 Å². The normalized spacial score (nSPS) is 10.2. The Hall–Kier alpha value is -3.78. The minimum atomic E-state index is -0.0874. The summed E-state index contributed by atoms with van der Waals surface area (Å²) in [6, 6.07) is 22.6. The van der Waals surface area contributed by atoms with E-state index >= 15 is 0 Å². The number of amides is 1. The van der Waals surface area contributed by atoms with E-state index in [2.05, 4.69) is 6.07 Å². The van der Waals surface area contributed by atoms with Crippen molar-refractivity contribution in [3.8, 4) is 28.7 Å². The number of methoxy groups -OCH3 is 2. The third-order valence-corrected chi connectivity index (χ3v) is 4.99. The van der Waals surface area contributed by atoms with Crippen molar-refractivity contribution >= 4 is 5.91 Å². The van der Waals surface area contributed by atoms with Crippen LogP contribution < -0.4 is 9.47 Å². The summed E-state index contributed by atoms with van der Waals surface area (Å²) in [7, 11) is 3.18. The summed E-state index contributed by atoms with van der Waals surface area (Å²) in [6.45, 7) is 2.93. The first-order chi connectivity index (χ1) is 14.6. The smallest absolute Gasteiger partial charge is 0.254 e. The molecule has 0 saturated carbocycles. The Morgan fingerprint density at radius 2 is 1.60 bits per heavy atom. The molecule has 0 fully saturated rings. The average Bonchev–Trinajstić information content (AvgIpc) is 2.81. The molecule has 0 saturated heterocycles. The Morgan fingerprint density at radius 1 is 0.933 bits per heavy atom. The number of nitrogens with zero attached hydrogens (tertiary/aromatic N) is 2. The lowest BCUT2D eigenvalue weighted by atomic mass is 9.95. The van der Waals surface area contributed by atoms with Gasteiger partial charge in [-0.15, -0.1) is 0 Å². The fourth-order valence-electron chi connectivity index (χ4n) is 3.42. The number of carbonyl (C=O) groups excluding carboxylic acids is 1. The van der Waals surface area contributed by atoms with Gasteiger partial charge in [0.05, 0.1) is 25.9 Å². The molecule has 3 aromatic rings. The maximum atomic E-state index is 13.4.